The molecule has 4 rings (SSSR count). The average molecular weight is 528 g/mol. The highest BCUT2D eigenvalue weighted by molar-refractivity contribution is 7.89. The van der Waals surface area contributed by atoms with Crippen LogP contribution in [0, 0.1) is 22.6 Å². The van der Waals surface area contributed by atoms with E-state index in [2.05, 4.69) is 5.32 Å². The number of sulfonamides is 1. The first-order valence-electron chi connectivity index (χ1n) is 10.8. The summed E-state index contributed by atoms with van der Waals surface area (Å²) in [7, 11) is -3.82. The van der Waals surface area contributed by atoms with Gasteiger partial charge in [-0.25, -0.2) is 12.8 Å². The van der Waals surface area contributed by atoms with E-state index < -0.39 is 21.3 Å². The second-order valence-corrected chi connectivity index (χ2v) is 11.4. The lowest BCUT2D eigenvalue weighted by atomic mass is 9.82. The Labute approximate surface area is 208 Å². The van der Waals surface area contributed by atoms with Gasteiger partial charge in [-0.15, -0.1) is 0 Å². The van der Waals surface area contributed by atoms with Crippen molar-refractivity contribution in [2.24, 2.45) is 5.41 Å². The molecule has 2 fully saturated rings. The summed E-state index contributed by atoms with van der Waals surface area (Å²) in [5.74, 6) is -0.391. The summed E-state index contributed by atoms with van der Waals surface area (Å²) in [6, 6.07) is 10.1. The van der Waals surface area contributed by atoms with Gasteiger partial charge in [-0.3, -0.25) is 0 Å². The fraction of sp³-hybridized carbons (Fsp3) is 0.435. The van der Waals surface area contributed by atoms with Crippen LogP contribution in [0.2, 0.25) is 10.0 Å². The predicted molar refractivity (Wildman–Crippen MR) is 126 cm³/mol. The molecule has 182 valence electrons. The molecule has 2 aliphatic heterocycles. The number of nitriles is 1. The van der Waals surface area contributed by atoms with Gasteiger partial charge in [-0.05, 0) is 43.2 Å². The Hall–Kier alpha value is -1.93. The molecule has 11 heteroatoms. The Morgan fingerprint density at radius 1 is 1.26 bits per heavy atom. The molecule has 2 aromatic carbocycles. The summed E-state index contributed by atoms with van der Waals surface area (Å²) in [6.07, 6.45) is 2.15. The summed E-state index contributed by atoms with van der Waals surface area (Å²) in [5, 5.41) is 12.7. The number of ether oxygens (including phenoxy) is 2. The van der Waals surface area contributed by atoms with Crippen LogP contribution in [0.4, 0.5) is 4.39 Å². The van der Waals surface area contributed by atoms with Crippen molar-refractivity contribution in [2.45, 2.75) is 23.8 Å². The van der Waals surface area contributed by atoms with E-state index in [0.717, 1.165) is 25.5 Å². The molecule has 0 amide bonds. The van der Waals surface area contributed by atoms with Crippen LogP contribution in [0.15, 0.2) is 41.3 Å². The highest BCUT2D eigenvalue weighted by Gasteiger charge is 2.49. The van der Waals surface area contributed by atoms with E-state index >= 15 is 0 Å². The Morgan fingerprint density at radius 2 is 2.06 bits per heavy atom. The molecule has 0 bridgehead atoms. The Morgan fingerprint density at radius 3 is 2.71 bits per heavy atom. The smallest absolute Gasteiger partial charge is 0.244 e. The number of halogens is 3. The van der Waals surface area contributed by atoms with Crippen molar-refractivity contribution >= 4 is 33.2 Å². The molecule has 7 nitrogen and oxygen atoms in total. The molecule has 0 aliphatic carbocycles. The van der Waals surface area contributed by atoms with Crippen LogP contribution in [0.1, 0.15) is 18.4 Å². The first kappa shape index (κ1) is 25.2. The number of nitrogens with one attached hydrogen (secondary N) is 1. The fourth-order valence-electron chi connectivity index (χ4n) is 4.17. The van der Waals surface area contributed by atoms with Gasteiger partial charge in [0.25, 0.3) is 0 Å². The van der Waals surface area contributed by atoms with E-state index in [1.807, 2.05) is 0 Å². The van der Waals surface area contributed by atoms with Gasteiger partial charge < -0.3 is 14.8 Å². The van der Waals surface area contributed by atoms with Gasteiger partial charge in [0.2, 0.25) is 10.0 Å². The Balaban J connectivity index is 1.46. The molecule has 0 radical (unpaired) electrons. The Kier molecular flexibility index (Phi) is 7.67. The minimum absolute atomic E-state index is 0.00503. The van der Waals surface area contributed by atoms with Gasteiger partial charge in [-0.2, -0.15) is 9.57 Å². The maximum atomic E-state index is 14.0. The maximum absolute atomic E-state index is 14.0. The number of hydrogen-bond donors (Lipinski definition) is 1. The lowest BCUT2D eigenvalue weighted by Gasteiger charge is -2.49. The number of nitrogens with zero attached hydrogens (tertiary/aromatic N) is 2. The third kappa shape index (κ3) is 5.48. The molecule has 2 aliphatic rings. The molecule has 2 heterocycles. The van der Waals surface area contributed by atoms with Crippen molar-refractivity contribution in [2.75, 3.05) is 39.4 Å². The van der Waals surface area contributed by atoms with Crippen LogP contribution < -0.4 is 10.1 Å². The van der Waals surface area contributed by atoms with Crippen LogP contribution in [-0.2, 0) is 14.8 Å². The minimum Gasteiger partial charge on any atom is -0.493 e. The number of rotatable bonds is 9. The van der Waals surface area contributed by atoms with E-state index in [0.29, 0.717) is 18.1 Å². The molecule has 0 aromatic heterocycles. The molecule has 1 atom stereocenters. The normalized spacial score (nSPS) is 20.0. The van der Waals surface area contributed by atoms with Crippen LogP contribution >= 0.6 is 23.2 Å². The van der Waals surface area contributed by atoms with E-state index in [-0.39, 0.29) is 47.0 Å². The van der Waals surface area contributed by atoms with Crippen molar-refractivity contribution in [1.29, 1.82) is 5.26 Å². The third-order valence-electron chi connectivity index (χ3n) is 6.04. The summed E-state index contributed by atoms with van der Waals surface area (Å²) >= 11 is 12.1. The molecule has 2 aromatic rings. The third-order valence-corrected chi connectivity index (χ3v) is 8.55. The van der Waals surface area contributed by atoms with Gasteiger partial charge in [0.1, 0.15) is 22.5 Å². The quantitative estimate of drug-likeness (QED) is 0.532. The SMILES string of the molecule is N#Cc1ccc(OCC2(CNC[C@@H]3CCCO3)CN(S(=O)(=O)c3ccc(Cl)cc3Cl)C2)cc1F. The molecular weight excluding hydrogens is 504 g/mol. The van der Waals surface area contributed by atoms with Crippen molar-refractivity contribution in [3.05, 3.63) is 57.8 Å². The topological polar surface area (TPSA) is 91.7 Å². The number of benzene rings is 2. The van der Waals surface area contributed by atoms with Crippen molar-refractivity contribution < 1.29 is 22.3 Å². The number of hydrogen-bond acceptors (Lipinski definition) is 6. The molecule has 2 saturated heterocycles. The lowest BCUT2D eigenvalue weighted by Crippen LogP contribution is -2.64. The lowest BCUT2D eigenvalue weighted by molar-refractivity contribution is 0.0156. The van der Waals surface area contributed by atoms with E-state index in [9.17, 15) is 12.8 Å². The molecule has 0 spiro atoms. The minimum atomic E-state index is -3.82. The van der Waals surface area contributed by atoms with Gasteiger partial charge in [-0.1, -0.05) is 23.2 Å². The van der Waals surface area contributed by atoms with Crippen molar-refractivity contribution in [3.8, 4) is 11.8 Å². The molecule has 0 saturated carbocycles. The van der Waals surface area contributed by atoms with Gasteiger partial charge in [0.15, 0.2) is 0 Å². The molecule has 1 N–H and O–H groups in total. The van der Waals surface area contributed by atoms with Crippen LogP contribution in [0.3, 0.4) is 0 Å². The second kappa shape index (κ2) is 10.4. The Bertz CT molecular complexity index is 1190. The van der Waals surface area contributed by atoms with Crippen LogP contribution in [0.5, 0.6) is 5.75 Å². The van der Waals surface area contributed by atoms with E-state index in [4.69, 9.17) is 37.9 Å². The first-order chi connectivity index (χ1) is 16.2. The average Bonchev–Trinajstić information content (AvgIpc) is 3.28. The zero-order valence-corrected chi connectivity index (χ0v) is 20.6. The fourth-order valence-corrected chi connectivity index (χ4v) is 6.58. The zero-order valence-electron chi connectivity index (χ0n) is 18.3. The van der Waals surface area contributed by atoms with Crippen molar-refractivity contribution in [1.82, 2.24) is 9.62 Å². The summed E-state index contributed by atoms with van der Waals surface area (Å²) in [4.78, 5) is -0.00503. The molecular formula is C23H24Cl2FN3O4S. The predicted octanol–water partition coefficient (Wildman–Crippen LogP) is 3.84. The largest absolute Gasteiger partial charge is 0.493 e. The summed E-state index contributed by atoms with van der Waals surface area (Å²) < 4.78 is 53.1. The molecule has 0 unspecified atom stereocenters. The monoisotopic (exact) mass is 527 g/mol. The highest BCUT2D eigenvalue weighted by atomic mass is 35.5. The van der Waals surface area contributed by atoms with E-state index in [1.165, 1.54) is 34.6 Å². The first-order valence-corrected chi connectivity index (χ1v) is 13.0. The van der Waals surface area contributed by atoms with Crippen LogP contribution in [-0.4, -0.2) is 58.2 Å². The maximum Gasteiger partial charge on any atom is 0.244 e. The van der Waals surface area contributed by atoms with Crippen molar-refractivity contribution in [3.63, 3.8) is 0 Å². The van der Waals surface area contributed by atoms with E-state index in [1.54, 1.807) is 6.07 Å². The summed E-state index contributed by atoms with van der Waals surface area (Å²) in [5.41, 5.74) is -0.601. The second-order valence-electron chi connectivity index (χ2n) is 8.66. The van der Waals surface area contributed by atoms with Gasteiger partial charge in [0.05, 0.1) is 23.3 Å². The van der Waals surface area contributed by atoms with Gasteiger partial charge >= 0.3 is 0 Å². The standard InChI is InChI=1S/C23H24Cl2FN3O4S/c24-17-4-6-22(20(25)8-17)34(30,31)29-13-23(14-29,12-28-11-19-2-1-7-32-19)15-33-18-5-3-16(10-27)21(26)9-18/h3-6,8-9,19,28H,1-2,7,11-15H2/t19-/m0/s1. The highest BCUT2D eigenvalue weighted by Crippen LogP contribution is 2.37. The summed E-state index contributed by atoms with van der Waals surface area (Å²) in [6.45, 7) is 2.46. The molecule has 34 heavy (non-hydrogen) atoms. The zero-order chi connectivity index (χ0) is 24.3. The van der Waals surface area contributed by atoms with Crippen LogP contribution in [0.25, 0.3) is 0 Å². The van der Waals surface area contributed by atoms with Gasteiger partial charge in [0, 0.05) is 49.3 Å².